The van der Waals surface area contributed by atoms with E-state index < -0.39 is 9.28 Å². The van der Waals surface area contributed by atoms with Crippen LogP contribution in [0.1, 0.15) is 46.5 Å². The first kappa shape index (κ1) is 15.2. The van der Waals surface area contributed by atoms with Crippen LogP contribution in [-0.2, 0) is 8.85 Å². The molecule has 1 aliphatic heterocycles. The van der Waals surface area contributed by atoms with Crippen molar-refractivity contribution in [3.05, 3.63) is 0 Å². The second kappa shape index (κ2) is 9.08. The van der Waals surface area contributed by atoms with Crippen LogP contribution in [0.3, 0.4) is 0 Å². The first-order valence-electron chi connectivity index (χ1n) is 7.28. The summed E-state index contributed by atoms with van der Waals surface area (Å²) >= 11 is 0. The molecule has 4 heteroatoms. The molecule has 3 nitrogen and oxygen atoms in total. The van der Waals surface area contributed by atoms with Gasteiger partial charge in [-0.2, -0.15) is 0 Å². The molecule has 0 bridgehead atoms. The van der Waals surface area contributed by atoms with E-state index in [1.807, 2.05) is 0 Å². The van der Waals surface area contributed by atoms with Gasteiger partial charge in [-0.3, -0.25) is 0 Å². The van der Waals surface area contributed by atoms with Gasteiger partial charge in [0.25, 0.3) is 0 Å². The molecule has 0 amide bonds. The summed E-state index contributed by atoms with van der Waals surface area (Å²) in [7, 11) is -1.42. The van der Waals surface area contributed by atoms with E-state index in [4.69, 9.17) is 8.85 Å². The molecule has 2 unspecified atom stereocenters. The maximum atomic E-state index is 5.79. The molecule has 2 atom stereocenters. The van der Waals surface area contributed by atoms with Gasteiger partial charge in [-0.15, -0.1) is 0 Å². The fourth-order valence-electron chi connectivity index (χ4n) is 2.70. The summed E-state index contributed by atoms with van der Waals surface area (Å²) in [5.74, 6) is 0.741. The average molecular weight is 259 g/mol. The Balaban J connectivity index is 2.41. The van der Waals surface area contributed by atoms with Crippen LogP contribution in [-0.4, -0.2) is 35.1 Å². The van der Waals surface area contributed by atoms with Crippen LogP contribution in [0, 0.1) is 5.92 Å². The van der Waals surface area contributed by atoms with E-state index >= 15 is 0 Å². The van der Waals surface area contributed by atoms with Crippen LogP contribution in [0.5, 0.6) is 0 Å². The van der Waals surface area contributed by atoms with Gasteiger partial charge in [0.05, 0.1) is 0 Å². The summed E-state index contributed by atoms with van der Waals surface area (Å²) in [4.78, 5) is 0. The number of hydrogen-bond donors (Lipinski definition) is 1. The van der Waals surface area contributed by atoms with Crippen molar-refractivity contribution in [3.63, 3.8) is 0 Å². The molecule has 0 aromatic heterocycles. The molecule has 17 heavy (non-hydrogen) atoms. The third-order valence-electron chi connectivity index (χ3n) is 3.64. The largest absolute Gasteiger partial charge is 0.397 e. The minimum Gasteiger partial charge on any atom is -0.397 e. The Bertz CT molecular complexity index is 180. The SMILES string of the molecule is CCO[SiH](CC(CC)C1CCCCN1)OCC. The fraction of sp³-hybridized carbons (Fsp3) is 1.00. The van der Waals surface area contributed by atoms with Crippen molar-refractivity contribution >= 4 is 9.28 Å². The van der Waals surface area contributed by atoms with E-state index in [9.17, 15) is 0 Å². The second-order valence-electron chi connectivity index (χ2n) is 4.80. The van der Waals surface area contributed by atoms with Crippen molar-refractivity contribution in [2.24, 2.45) is 5.92 Å². The molecule has 0 saturated carbocycles. The van der Waals surface area contributed by atoms with Gasteiger partial charge in [0, 0.05) is 19.3 Å². The first-order valence-corrected chi connectivity index (χ1v) is 9.04. The Kier molecular flexibility index (Phi) is 8.10. The zero-order chi connectivity index (χ0) is 12.5. The fourth-order valence-corrected chi connectivity index (χ4v) is 4.97. The van der Waals surface area contributed by atoms with Crippen LogP contribution in [0.25, 0.3) is 0 Å². The van der Waals surface area contributed by atoms with E-state index in [1.165, 1.54) is 32.2 Å². The molecule has 1 saturated heterocycles. The predicted octanol–water partition coefficient (Wildman–Crippen LogP) is 2.45. The predicted molar refractivity (Wildman–Crippen MR) is 74.6 cm³/mol. The third kappa shape index (κ3) is 5.51. The van der Waals surface area contributed by atoms with Gasteiger partial charge < -0.3 is 14.2 Å². The molecule has 0 radical (unpaired) electrons. The maximum Gasteiger partial charge on any atom is 0.321 e. The van der Waals surface area contributed by atoms with Crippen molar-refractivity contribution in [1.82, 2.24) is 5.32 Å². The Morgan fingerprint density at radius 3 is 2.35 bits per heavy atom. The number of piperidine rings is 1. The molecule has 102 valence electrons. The molecule has 1 heterocycles. The maximum absolute atomic E-state index is 5.79. The summed E-state index contributed by atoms with van der Waals surface area (Å²) in [5, 5.41) is 3.67. The highest BCUT2D eigenvalue weighted by Crippen LogP contribution is 2.23. The lowest BCUT2D eigenvalue weighted by Crippen LogP contribution is -2.42. The minimum absolute atomic E-state index is 0.699. The highest BCUT2D eigenvalue weighted by atomic mass is 28.3. The Morgan fingerprint density at radius 2 is 1.88 bits per heavy atom. The lowest BCUT2D eigenvalue weighted by molar-refractivity contribution is 0.199. The summed E-state index contributed by atoms with van der Waals surface area (Å²) in [6.07, 6.45) is 5.29. The zero-order valence-corrected chi connectivity index (χ0v) is 12.9. The van der Waals surface area contributed by atoms with E-state index in [2.05, 4.69) is 26.1 Å². The Labute approximate surface area is 108 Å². The Hall–Kier alpha value is 0.0969. The monoisotopic (exact) mass is 259 g/mol. The average Bonchev–Trinajstić information content (AvgIpc) is 2.37. The standard InChI is InChI=1S/C13H29NO2Si/c1-4-12(13-9-7-8-10-14-13)11-17(15-5-2)16-6-3/h12-14,17H,4-11H2,1-3H3. The summed E-state index contributed by atoms with van der Waals surface area (Å²) in [6.45, 7) is 9.22. The van der Waals surface area contributed by atoms with Gasteiger partial charge in [0.15, 0.2) is 0 Å². The lowest BCUT2D eigenvalue weighted by atomic mass is 9.92. The molecule has 0 aromatic carbocycles. The molecule has 0 spiro atoms. The van der Waals surface area contributed by atoms with E-state index in [-0.39, 0.29) is 0 Å². The van der Waals surface area contributed by atoms with Crippen LogP contribution >= 0.6 is 0 Å². The van der Waals surface area contributed by atoms with Gasteiger partial charge >= 0.3 is 9.28 Å². The molecule has 0 aromatic rings. The third-order valence-corrected chi connectivity index (χ3v) is 6.04. The van der Waals surface area contributed by atoms with Crippen molar-refractivity contribution in [2.45, 2.75) is 58.5 Å². The van der Waals surface area contributed by atoms with E-state index in [0.717, 1.165) is 25.2 Å². The molecule has 1 fully saturated rings. The van der Waals surface area contributed by atoms with Crippen molar-refractivity contribution in [3.8, 4) is 0 Å². The molecule has 1 aliphatic rings. The quantitative estimate of drug-likeness (QED) is 0.679. The normalized spacial score (nSPS) is 22.9. The summed E-state index contributed by atoms with van der Waals surface area (Å²) in [5.41, 5.74) is 0. The topological polar surface area (TPSA) is 30.5 Å². The van der Waals surface area contributed by atoms with Crippen molar-refractivity contribution < 1.29 is 8.85 Å². The summed E-state index contributed by atoms with van der Waals surface area (Å²) < 4.78 is 11.6. The molecule has 0 aliphatic carbocycles. The van der Waals surface area contributed by atoms with Gasteiger partial charge in [-0.1, -0.05) is 19.8 Å². The van der Waals surface area contributed by atoms with Crippen molar-refractivity contribution in [2.75, 3.05) is 19.8 Å². The lowest BCUT2D eigenvalue weighted by Gasteiger charge is -2.32. The molecular formula is C13H29NO2Si. The highest BCUT2D eigenvalue weighted by molar-refractivity contribution is 6.44. The highest BCUT2D eigenvalue weighted by Gasteiger charge is 2.26. The molecule has 1 rings (SSSR count). The molecule has 1 N–H and O–H groups in total. The van der Waals surface area contributed by atoms with E-state index in [0.29, 0.717) is 6.04 Å². The smallest absolute Gasteiger partial charge is 0.321 e. The number of nitrogens with one attached hydrogen (secondary N) is 1. The zero-order valence-electron chi connectivity index (χ0n) is 11.7. The minimum atomic E-state index is -1.42. The number of rotatable bonds is 8. The van der Waals surface area contributed by atoms with Gasteiger partial charge in [0.2, 0.25) is 0 Å². The Morgan fingerprint density at radius 1 is 1.18 bits per heavy atom. The van der Waals surface area contributed by atoms with E-state index in [1.54, 1.807) is 0 Å². The first-order chi connectivity index (χ1) is 8.31. The van der Waals surface area contributed by atoms with Gasteiger partial charge in [0.1, 0.15) is 0 Å². The number of hydrogen-bond acceptors (Lipinski definition) is 3. The molecular weight excluding hydrogens is 230 g/mol. The van der Waals surface area contributed by atoms with Gasteiger partial charge in [-0.05, 0) is 45.2 Å². The van der Waals surface area contributed by atoms with Crippen LogP contribution < -0.4 is 5.32 Å². The van der Waals surface area contributed by atoms with Crippen LogP contribution in [0.15, 0.2) is 0 Å². The summed E-state index contributed by atoms with van der Waals surface area (Å²) in [6, 6.07) is 1.86. The second-order valence-corrected chi connectivity index (χ2v) is 6.80. The van der Waals surface area contributed by atoms with Crippen LogP contribution in [0.2, 0.25) is 6.04 Å². The van der Waals surface area contributed by atoms with Gasteiger partial charge in [-0.25, -0.2) is 0 Å². The van der Waals surface area contributed by atoms with Crippen molar-refractivity contribution in [1.29, 1.82) is 0 Å². The van der Waals surface area contributed by atoms with Crippen LogP contribution in [0.4, 0.5) is 0 Å².